The van der Waals surface area contributed by atoms with Gasteiger partial charge in [0.2, 0.25) is 23.6 Å². The Labute approximate surface area is 306 Å². The zero-order valence-electron chi connectivity index (χ0n) is 33.1. The molecule has 0 aliphatic carbocycles. The van der Waals surface area contributed by atoms with Crippen LogP contribution in [-0.4, -0.2) is 116 Å². The Morgan fingerprint density at radius 3 is 2.08 bits per heavy atom. The van der Waals surface area contributed by atoms with E-state index in [9.17, 15) is 24.3 Å². The lowest BCUT2D eigenvalue weighted by Crippen LogP contribution is -2.60. The third-order valence-corrected chi connectivity index (χ3v) is 10.8. The van der Waals surface area contributed by atoms with E-state index in [1.807, 2.05) is 74.9 Å². The number of rotatable bonds is 20. The van der Waals surface area contributed by atoms with Crippen LogP contribution >= 0.6 is 0 Å². The fraction of sp³-hybridized carbons (Fsp3) is 0.744. The molecule has 1 saturated heterocycles. The van der Waals surface area contributed by atoms with Crippen molar-refractivity contribution < 1.29 is 33.8 Å². The maximum atomic E-state index is 14.2. The van der Waals surface area contributed by atoms with Crippen LogP contribution in [0.2, 0.25) is 0 Å². The van der Waals surface area contributed by atoms with E-state index in [4.69, 9.17) is 9.47 Å². The van der Waals surface area contributed by atoms with Crippen molar-refractivity contribution in [2.45, 2.75) is 130 Å². The van der Waals surface area contributed by atoms with Crippen molar-refractivity contribution in [3.05, 3.63) is 35.9 Å². The average Bonchev–Trinajstić information content (AvgIpc) is 3.57. The lowest BCUT2D eigenvalue weighted by Gasteiger charge is -2.43. The van der Waals surface area contributed by atoms with Crippen LogP contribution in [0.15, 0.2) is 30.3 Å². The molecule has 12 heteroatoms. The molecule has 0 aromatic heterocycles. The summed E-state index contributed by atoms with van der Waals surface area (Å²) in [6.07, 6.45) is 0.326. The first-order valence-corrected chi connectivity index (χ1v) is 18.7. The lowest BCUT2D eigenvalue weighted by molar-refractivity contribution is -0.144. The highest BCUT2D eigenvalue weighted by Gasteiger charge is 2.43. The van der Waals surface area contributed by atoms with Gasteiger partial charge in [-0.15, -0.1) is 0 Å². The summed E-state index contributed by atoms with van der Waals surface area (Å²) in [6, 6.07) is 6.86. The number of benzene rings is 1. The minimum Gasteiger partial charge on any atom is -0.386 e. The Kier molecular flexibility index (Phi) is 18.2. The number of hydrogen-bond donors (Lipinski definition) is 4. The van der Waals surface area contributed by atoms with Crippen LogP contribution in [0.5, 0.6) is 0 Å². The number of carbonyl (C=O) groups is 4. The molecule has 4 N–H and O–H groups in total. The summed E-state index contributed by atoms with van der Waals surface area (Å²) >= 11 is 0. The zero-order chi connectivity index (χ0) is 38.6. The van der Waals surface area contributed by atoms with Crippen LogP contribution < -0.4 is 16.0 Å². The molecule has 51 heavy (non-hydrogen) atoms. The maximum absolute atomic E-state index is 14.2. The smallest absolute Gasteiger partial charge is 0.244 e. The predicted molar refractivity (Wildman–Crippen MR) is 200 cm³/mol. The molecule has 1 aromatic rings. The third kappa shape index (κ3) is 11.5. The van der Waals surface area contributed by atoms with Gasteiger partial charge in [-0.3, -0.25) is 29.4 Å². The minimum atomic E-state index is -0.873. The fourth-order valence-electron chi connectivity index (χ4n) is 7.75. The number of amides is 4. The van der Waals surface area contributed by atoms with E-state index < -0.39 is 42.4 Å². The van der Waals surface area contributed by atoms with Gasteiger partial charge in [0, 0.05) is 26.8 Å². The summed E-state index contributed by atoms with van der Waals surface area (Å²) in [6.45, 7) is 16.0. The summed E-state index contributed by atoms with van der Waals surface area (Å²) in [5, 5.41) is 19.4. The Morgan fingerprint density at radius 1 is 0.941 bits per heavy atom. The van der Waals surface area contributed by atoms with Crippen LogP contribution in [0.1, 0.15) is 92.7 Å². The lowest BCUT2D eigenvalue weighted by atomic mass is 9.87. The van der Waals surface area contributed by atoms with Crippen molar-refractivity contribution in [1.29, 1.82) is 0 Å². The van der Waals surface area contributed by atoms with Gasteiger partial charge in [-0.1, -0.05) is 85.2 Å². The third-order valence-electron chi connectivity index (χ3n) is 10.8. The molecule has 0 bridgehead atoms. The highest BCUT2D eigenvalue weighted by molar-refractivity contribution is 6.00. The number of hydrogen-bond acceptors (Lipinski definition) is 9. The SMILES string of the molecule is CC[C@H](C)[C@H]([C@@H](CC(=O)N1CCC[C@H]1[C@H](OC)[C@@H](C)C(=O)N[C@H](C)[C@@H](O)c1ccccc1)OC)N(C)[C@H](C(=O)NC(=O)[C@@H](NC)C(C)C)C(C)C. The topological polar surface area (TPSA) is 150 Å². The molecule has 4 amide bonds. The van der Waals surface area contributed by atoms with Gasteiger partial charge in [0.25, 0.3) is 0 Å². The van der Waals surface area contributed by atoms with E-state index in [0.29, 0.717) is 18.5 Å². The van der Waals surface area contributed by atoms with E-state index in [1.165, 1.54) is 0 Å². The number of carbonyl (C=O) groups excluding carboxylic acids is 4. The van der Waals surface area contributed by atoms with Crippen LogP contribution in [0, 0.1) is 23.7 Å². The summed E-state index contributed by atoms with van der Waals surface area (Å²) in [7, 11) is 6.72. The number of imide groups is 1. The molecule has 0 spiro atoms. The minimum absolute atomic E-state index is 0.00429. The molecule has 10 atom stereocenters. The molecule has 1 aliphatic heterocycles. The van der Waals surface area contributed by atoms with Crippen molar-refractivity contribution in [2.24, 2.45) is 23.7 Å². The highest BCUT2D eigenvalue weighted by Crippen LogP contribution is 2.30. The van der Waals surface area contributed by atoms with E-state index >= 15 is 0 Å². The molecule has 12 nitrogen and oxygen atoms in total. The molecule has 290 valence electrons. The highest BCUT2D eigenvalue weighted by atomic mass is 16.5. The number of ether oxygens (including phenoxy) is 2. The van der Waals surface area contributed by atoms with Crippen molar-refractivity contribution in [3.63, 3.8) is 0 Å². The van der Waals surface area contributed by atoms with Gasteiger partial charge in [0.1, 0.15) is 0 Å². The monoisotopic (exact) mass is 718 g/mol. The van der Waals surface area contributed by atoms with Gasteiger partial charge < -0.3 is 30.1 Å². The first kappa shape index (κ1) is 44.3. The standard InChI is InChI=1S/C39H67N5O7/c1-13-25(6)34(43(10)33(24(4)5)39(49)42-38(48)32(40-9)23(2)3)30(50-11)22-31(45)44-21-17-20-29(44)36(51-12)26(7)37(47)41-27(8)35(46)28-18-15-14-16-19-28/h14-16,18-19,23-27,29-30,32-36,40,46H,13,17,20-22H2,1-12H3,(H,41,47)(H,42,48,49)/t25-,26+,27+,29-,30+,32-,33-,34+,35+,36+/m0/s1. The molecule has 1 fully saturated rings. The Bertz CT molecular complexity index is 1250. The van der Waals surface area contributed by atoms with Crippen molar-refractivity contribution in [1.82, 2.24) is 25.8 Å². The quantitative estimate of drug-likeness (QED) is 0.159. The van der Waals surface area contributed by atoms with Crippen LogP contribution in [0.4, 0.5) is 0 Å². The van der Waals surface area contributed by atoms with Crippen LogP contribution in [0.25, 0.3) is 0 Å². The average molecular weight is 718 g/mol. The van der Waals surface area contributed by atoms with Gasteiger partial charge >= 0.3 is 0 Å². The first-order chi connectivity index (χ1) is 24.0. The van der Waals surface area contributed by atoms with E-state index in [1.54, 1.807) is 35.1 Å². The largest absolute Gasteiger partial charge is 0.386 e. The molecule has 0 saturated carbocycles. The Balaban J connectivity index is 2.25. The van der Waals surface area contributed by atoms with Gasteiger partial charge in [-0.2, -0.15) is 0 Å². The number of nitrogens with zero attached hydrogens (tertiary/aromatic N) is 2. The van der Waals surface area contributed by atoms with Crippen molar-refractivity contribution in [3.8, 4) is 0 Å². The molecule has 2 rings (SSSR count). The van der Waals surface area contributed by atoms with Gasteiger partial charge in [0.15, 0.2) is 0 Å². The molecular formula is C39H67N5O7. The van der Waals surface area contributed by atoms with Crippen molar-refractivity contribution >= 4 is 23.6 Å². The summed E-state index contributed by atoms with van der Waals surface area (Å²) in [5.41, 5.74) is 0.713. The number of aliphatic hydroxyl groups excluding tert-OH is 1. The first-order valence-electron chi connectivity index (χ1n) is 18.7. The second kappa shape index (κ2) is 21.0. The second-order valence-electron chi connectivity index (χ2n) is 15.0. The molecular weight excluding hydrogens is 650 g/mol. The van der Waals surface area contributed by atoms with E-state index in [-0.39, 0.29) is 59.9 Å². The number of methoxy groups -OCH3 is 2. The predicted octanol–water partition coefficient (Wildman–Crippen LogP) is 3.53. The van der Waals surface area contributed by atoms with E-state index in [0.717, 1.165) is 12.8 Å². The number of likely N-dealkylation sites (N-methyl/N-ethyl adjacent to an activating group) is 2. The second-order valence-corrected chi connectivity index (χ2v) is 15.0. The number of aliphatic hydroxyl groups is 1. The van der Waals surface area contributed by atoms with Gasteiger partial charge in [0.05, 0.1) is 54.8 Å². The normalized spacial score (nSPS) is 20.3. The summed E-state index contributed by atoms with van der Waals surface area (Å²) < 4.78 is 12.0. The Hall–Kier alpha value is -2.90. The van der Waals surface area contributed by atoms with Gasteiger partial charge in [-0.25, -0.2) is 0 Å². The summed E-state index contributed by atoms with van der Waals surface area (Å²) in [5.74, 6) is -1.80. The maximum Gasteiger partial charge on any atom is 0.244 e. The summed E-state index contributed by atoms with van der Waals surface area (Å²) in [4.78, 5) is 58.1. The fourth-order valence-corrected chi connectivity index (χ4v) is 7.75. The zero-order valence-corrected chi connectivity index (χ0v) is 33.1. The van der Waals surface area contributed by atoms with Gasteiger partial charge in [-0.05, 0) is 57.2 Å². The van der Waals surface area contributed by atoms with E-state index in [2.05, 4.69) is 29.8 Å². The molecule has 1 heterocycles. The number of likely N-dealkylation sites (tertiary alicyclic amines) is 1. The van der Waals surface area contributed by atoms with Crippen molar-refractivity contribution in [2.75, 3.05) is 34.9 Å². The molecule has 0 radical (unpaired) electrons. The molecule has 1 aliphatic rings. The Morgan fingerprint density at radius 2 is 1.57 bits per heavy atom. The van der Waals surface area contributed by atoms with Crippen LogP contribution in [0.3, 0.4) is 0 Å². The molecule has 1 aromatic carbocycles. The molecule has 0 unspecified atom stereocenters. The van der Waals surface area contributed by atoms with Crippen LogP contribution in [-0.2, 0) is 28.7 Å². The number of nitrogens with one attached hydrogen (secondary N) is 3.